The number of halogens is 1. The molecule has 1 aliphatic carbocycles. The van der Waals surface area contributed by atoms with Gasteiger partial charge in [-0.3, -0.25) is 9.59 Å². The van der Waals surface area contributed by atoms with E-state index >= 15 is 0 Å². The summed E-state index contributed by atoms with van der Waals surface area (Å²) in [6.45, 7) is 3.80. The van der Waals surface area contributed by atoms with Gasteiger partial charge in [0.15, 0.2) is 0 Å². The minimum Gasteiger partial charge on any atom is -0.478 e. The fourth-order valence-corrected chi connectivity index (χ4v) is 3.42. The average Bonchev–Trinajstić information content (AvgIpc) is 2.81. The minimum atomic E-state index is -1.09. The zero-order valence-corrected chi connectivity index (χ0v) is 12.5. The van der Waals surface area contributed by atoms with Crippen molar-refractivity contribution in [3.63, 3.8) is 0 Å². The lowest BCUT2D eigenvalue weighted by Crippen LogP contribution is -2.36. The van der Waals surface area contributed by atoms with Crippen molar-refractivity contribution in [1.29, 1.82) is 0 Å². The largest absolute Gasteiger partial charge is 0.478 e. The lowest BCUT2D eigenvalue weighted by Gasteiger charge is -2.22. The SMILES string of the molecule is CC1(C)C2C(=O)N(c3cc(C(=O)O)ccc3Br)C(=O)C21. The van der Waals surface area contributed by atoms with Crippen molar-refractivity contribution in [2.75, 3.05) is 4.90 Å². The molecule has 2 fully saturated rings. The van der Waals surface area contributed by atoms with Gasteiger partial charge >= 0.3 is 5.97 Å². The minimum absolute atomic E-state index is 0.0450. The number of carbonyl (C=O) groups is 3. The number of hydrogen-bond acceptors (Lipinski definition) is 3. The van der Waals surface area contributed by atoms with Crippen LogP contribution in [0.1, 0.15) is 24.2 Å². The Morgan fingerprint density at radius 3 is 2.30 bits per heavy atom. The Morgan fingerprint density at radius 2 is 1.80 bits per heavy atom. The first-order chi connectivity index (χ1) is 9.26. The van der Waals surface area contributed by atoms with Gasteiger partial charge in [-0.05, 0) is 39.5 Å². The van der Waals surface area contributed by atoms with E-state index in [2.05, 4.69) is 15.9 Å². The van der Waals surface area contributed by atoms with Crippen LogP contribution in [0.5, 0.6) is 0 Å². The van der Waals surface area contributed by atoms with Gasteiger partial charge in [-0.1, -0.05) is 13.8 Å². The predicted octanol–water partition coefficient (Wildman–Crippen LogP) is 2.29. The number of carboxylic acid groups (broad SMARTS) is 1. The van der Waals surface area contributed by atoms with Crippen LogP contribution in [0, 0.1) is 17.3 Å². The summed E-state index contributed by atoms with van der Waals surface area (Å²) in [7, 11) is 0. The third-order valence-electron chi connectivity index (χ3n) is 4.23. The number of aromatic carboxylic acids is 1. The Morgan fingerprint density at radius 1 is 1.25 bits per heavy atom. The van der Waals surface area contributed by atoms with Gasteiger partial charge in [-0.25, -0.2) is 9.69 Å². The van der Waals surface area contributed by atoms with E-state index in [0.717, 1.165) is 4.90 Å². The summed E-state index contributed by atoms with van der Waals surface area (Å²) in [5, 5.41) is 9.01. The molecule has 0 aromatic heterocycles. The zero-order chi connectivity index (χ0) is 14.8. The Bertz CT molecular complexity index is 643. The van der Waals surface area contributed by atoms with E-state index in [4.69, 9.17) is 5.11 Å². The molecule has 6 heteroatoms. The van der Waals surface area contributed by atoms with E-state index < -0.39 is 5.97 Å². The number of nitrogens with zero attached hydrogens (tertiary/aromatic N) is 1. The fourth-order valence-electron chi connectivity index (χ4n) is 3.00. The van der Waals surface area contributed by atoms with Gasteiger partial charge in [0.2, 0.25) is 11.8 Å². The summed E-state index contributed by atoms with van der Waals surface area (Å²) in [5.41, 5.74) is 0.0770. The van der Waals surface area contributed by atoms with Gasteiger partial charge in [0.05, 0.1) is 23.1 Å². The van der Waals surface area contributed by atoms with Crippen LogP contribution in [-0.2, 0) is 9.59 Å². The van der Waals surface area contributed by atoms with E-state index in [9.17, 15) is 14.4 Å². The lowest BCUT2D eigenvalue weighted by molar-refractivity contribution is -0.125. The zero-order valence-electron chi connectivity index (χ0n) is 10.9. The van der Waals surface area contributed by atoms with Crippen molar-refractivity contribution in [3.05, 3.63) is 28.2 Å². The highest BCUT2D eigenvalue weighted by Gasteiger charge is 2.72. The summed E-state index contributed by atoms with van der Waals surface area (Å²) in [5.74, 6) is -2.14. The molecule has 5 nitrogen and oxygen atoms in total. The molecule has 1 aromatic carbocycles. The maximum Gasteiger partial charge on any atom is 0.335 e. The molecule has 1 N–H and O–H groups in total. The van der Waals surface area contributed by atoms with Gasteiger partial charge < -0.3 is 5.11 Å². The molecular weight excluding hydrogens is 326 g/mol. The maximum absolute atomic E-state index is 12.3. The van der Waals surface area contributed by atoms with E-state index in [1.165, 1.54) is 18.2 Å². The van der Waals surface area contributed by atoms with Crippen molar-refractivity contribution in [1.82, 2.24) is 0 Å². The van der Waals surface area contributed by atoms with E-state index in [-0.39, 0.29) is 34.6 Å². The van der Waals surface area contributed by atoms with E-state index in [1.807, 2.05) is 13.8 Å². The van der Waals surface area contributed by atoms with Gasteiger partial charge in [-0.2, -0.15) is 0 Å². The number of benzene rings is 1. The molecule has 1 aliphatic heterocycles. The number of anilines is 1. The Balaban J connectivity index is 2.03. The van der Waals surface area contributed by atoms with Crippen molar-refractivity contribution < 1.29 is 19.5 Å². The smallest absolute Gasteiger partial charge is 0.335 e. The molecule has 0 radical (unpaired) electrons. The van der Waals surface area contributed by atoms with Crippen LogP contribution >= 0.6 is 15.9 Å². The molecule has 0 spiro atoms. The maximum atomic E-state index is 12.3. The molecule has 1 saturated carbocycles. The second-order valence-electron chi connectivity index (χ2n) is 5.76. The summed E-state index contributed by atoms with van der Waals surface area (Å²) >= 11 is 3.27. The van der Waals surface area contributed by atoms with Crippen LogP contribution in [0.2, 0.25) is 0 Å². The van der Waals surface area contributed by atoms with Gasteiger partial charge in [0.25, 0.3) is 0 Å². The third-order valence-corrected chi connectivity index (χ3v) is 4.90. The molecular formula is C14H12BrNO4. The van der Waals surface area contributed by atoms with Crippen LogP contribution in [0.25, 0.3) is 0 Å². The number of rotatable bonds is 2. The Hall–Kier alpha value is -1.69. The first-order valence-corrected chi connectivity index (χ1v) is 6.96. The van der Waals surface area contributed by atoms with Crippen molar-refractivity contribution >= 4 is 39.4 Å². The van der Waals surface area contributed by atoms with E-state index in [0.29, 0.717) is 10.2 Å². The molecule has 20 heavy (non-hydrogen) atoms. The van der Waals surface area contributed by atoms with Crippen molar-refractivity contribution in [2.45, 2.75) is 13.8 Å². The number of hydrogen-bond donors (Lipinski definition) is 1. The average molecular weight is 338 g/mol. The van der Waals surface area contributed by atoms with Crippen molar-refractivity contribution in [3.8, 4) is 0 Å². The standard InChI is InChI=1S/C14H12BrNO4/c1-14(2)9-10(14)12(18)16(11(9)17)8-5-6(13(19)20)3-4-7(8)15/h3-5,9-10H,1-2H3,(H,19,20). The molecule has 3 rings (SSSR count). The summed E-state index contributed by atoms with van der Waals surface area (Å²) in [4.78, 5) is 36.8. The molecule has 1 saturated heterocycles. The van der Waals surface area contributed by atoms with Gasteiger partial charge in [0.1, 0.15) is 0 Å². The molecule has 104 valence electrons. The monoisotopic (exact) mass is 337 g/mol. The highest BCUT2D eigenvalue weighted by atomic mass is 79.9. The highest BCUT2D eigenvalue weighted by Crippen LogP contribution is 2.63. The topological polar surface area (TPSA) is 74.7 Å². The summed E-state index contributed by atoms with van der Waals surface area (Å²) in [6.07, 6.45) is 0. The van der Waals surface area contributed by atoms with Gasteiger partial charge in [0, 0.05) is 4.47 Å². The number of imide groups is 1. The molecule has 2 unspecified atom stereocenters. The molecule has 1 heterocycles. The highest BCUT2D eigenvalue weighted by molar-refractivity contribution is 9.10. The number of amides is 2. The first kappa shape index (κ1) is 13.3. The third kappa shape index (κ3) is 1.57. The fraction of sp³-hybridized carbons (Fsp3) is 0.357. The first-order valence-electron chi connectivity index (χ1n) is 6.17. The molecule has 2 aliphatic rings. The molecule has 0 bridgehead atoms. The van der Waals surface area contributed by atoms with Crippen LogP contribution < -0.4 is 4.90 Å². The molecule has 1 aromatic rings. The second kappa shape index (κ2) is 3.91. The van der Waals surface area contributed by atoms with Crippen LogP contribution in [0.3, 0.4) is 0 Å². The van der Waals surface area contributed by atoms with Gasteiger partial charge in [-0.15, -0.1) is 0 Å². The lowest BCUT2D eigenvalue weighted by atomic mass is 10.0. The Kier molecular flexibility index (Phi) is 2.60. The van der Waals surface area contributed by atoms with Crippen molar-refractivity contribution in [2.24, 2.45) is 17.3 Å². The molecule has 2 amide bonds. The number of carboxylic acids is 1. The number of fused-ring (bicyclic) bond motifs is 1. The second-order valence-corrected chi connectivity index (χ2v) is 6.61. The van der Waals surface area contributed by atoms with Crippen LogP contribution in [-0.4, -0.2) is 22.9 Å². The normalized spacial score (nSPS) is 26.6. The number of carbonyl (C=O) groups excluding carboxylic acids is 2. The molecule has 2 atom stereocenters. The van der Waals surface area contributed by atoms with Crippen LogP contribution in [0.15, 0.2) is 22.7 Å². The van der Waals surface area contributed by atoms with E-state index in [1.54, 1.807) is 0 Å². The quantitative estimate of drug-likeness (QED) is 0.840. The Labute approximate surface area is 123 Å². The predicted molar refractivity (Wildman–Crippen MR) is 74.4 cm³/mol. The van der Waals surface area contributed by atoms with Crippen LogP contribution in [0.4, 0.5) is 5.69 Å². The summed E-state index contributed by atoms with van der Waals surface area (Å²) in [6, 6.07) is 4.31. The summed E-state index contributed by atoms with van der Waals surface area (Å²) < 4.78 is 0.531. The number of piperidine rings is 1.